The van der Waals surface area contributed by atoms with E-state index in [1.807, 2.05) is 42.5 Å². The van der Waals surface area contributed by atoms with Crippen LogP contribution in [0.2, 0.25) is 5.02 Å². The van der Waals surface area contributed by atoms with Crippen molar-refractivity contribution < 1.29 is 4.74 Å². The molecule has 100 valence electrons. The van der Waals surface area contributed by atoms with E-state index >= 15 is 0 Å². The van der Waals surface area contributed by atoms with Gasteiger partial charge in [0.25, 0.3) is 0 Å². The van der Waals surface area contributed by atoms with Crippen molar-refractivity contribution in [3.05, 3.63) is 65.3 Å². The normalized spacial score (nSPS) is 10.7. The number of benzene rings is 2. The van der Waals surface area contributed by atoms with Crippen molar-refractivity contribution in [3.63, 3.8) is 0 Å². The number of halogens is 1. The molecule has 4 heteroatoms. The molecule has 0 unspecified atom stereocenters. The van der Waals surface area contributed by atoms with Gasteiger partial charge in [0.1, 0.15) is 11.5 Å². The molecular weight excluding hydrogens is 272 g/mol. The zero-order valence-corrected chi connectivity index (χ0v) is 11.5. The van der Waals surface area contributed by atoms with Crippen LogP contribution in [0.3, 0.4) is 0 Å². The molecule has 0 atom stereocenters. The van der Waals surface area contributed by atoms with Gasteiger partial charge in [-0.15, -0.1) is 0 Å². The topological polar surface area (TPSA) is 48.1 Å². The third-order valence-corrected chi connectivity index (χ3v) is 3.23. The molecule has 0 radical (unpaired) electrons. The van der Waals surface area contributed by atoms with E-state index in [4.69, 9.17) is 22.1 Å². The Hall–Kier alpha value is -2.10. The van der Waals surface area contributed by atoms with Crippen LogP contribution >= 0.6 is 11.6 Å². The molecule has 0 saturated heterocycles. The van der Waals surface area contributed by atoms with Crippen LogP contribution < -0.4 is 10.5 Å². The molecule has 0 fully saturated rings. The summed E-state index contributed by atoms with van der Waals surface area (Å²) in [4.78, 5) is 4.48. The van der Waals surface area contributed by atoms with Gasteiger partial charge < -0.3 is 10.5 Å². The SMILES string of the molecule is NCc1cc(Oc2ccc(Cl)cc2)c2ccccc2n1. The summed E-state index contributed by atoms with van der Waals surface area (Å²) in [6.07, 6.45) is 0. The molecule has 0 amide bonds. The number of ether oxygens (including phenoxy) is 1. The molecule has 2 N–H and O–H groups in total. The fourth-order valence-electron chi connectivity index (χ4n) is 2.01. The van der Waals surface area contributed by atoms with E-state index in [9.17, 15) is 0 Å². The first-order valence-electron chi connectivity index (χ1n) is 6.28. The number of rotatable bonds is 3. The number of nitrogens with two attached hydrogens (primary N) is 1. The predicted octanol–water partition coefficient (Wildman–Crippen LogP) is 4.14. The van der Waals surface area contributed by atoms with Gasteiger partial charge in [0.15, 0.2) is 0 Å². The van der Waals surface area contributed by atoms with Gasteiger partial charge in [-0.3, -0.25) is 4.98 Å². The minimum absolute atomic E-state index is 0.377. The Kier molecular flexibility index (Phi) is 3.54. The third kappa shape index (κ3) is 2.59. The van der Waals surface area contributed by atoms with Crippen molar-refractivity contribution in [2.24, 2.45) is 5.73 Å². The Morgan fingerprint density at radius 3 is 2.55 bits per heavy atom. The minimum atomic E-state index is 0.377. The largest absolute Gasteiger partial charge is 0.457 e. The highest BCUT2D eigenvalue weighted by Gasteiger charge is 2.07. The lowest BCUT2D eigenvalue weighted by atomic mass is 10.2. The Balaban J connectivity index is 2.07. The average molecular weight is 285 g/mol. The number of hydrogen-bond donors (Lipinski definition) is 1. The molecular formula is C16H13ClN2O. The zero-order valence-electron chi connectivity index (χ0n) is 10.7. The summed E-state index contributed by atoms with van der Waals surface area (Å²) in [5, 5.41) is 1.64. The standard InChI is InChI=1S/C16H13ClN2O/c17-11-5-7-13(8-6-11)20-16-9-12(10-18)19-15-4-2-1-3-14(15)16/h1-9H,10,18H2. The van der Waals surface area contributed by atoms with Crippen LogP contribution in [0, 0.1) is 0 Å². The maximum atomic E-state index is 5.93. The van der Waals surface area contributed by atoms with Crippen molar-refractivity contribution in [1.29, 1.82) is 0 Å². The average Bonchev–Trinajstić information content (AvgIpc) is 2.49. The van der Waals surface area contributed by atoms with Crippen molar-refractivity contribution in [2.45, 2.75) is 6.54 Å². The van der Waals surface area contributed by atoms with Crippen molar-refractivity contribution in [1.82, 2.24) is 4.98 Å². The maximum Gasteiger partial charge on any atom is 0.138 e. The van der Waals surface area contributed by atoms with E-state index in [2.05, 4.69) is 4.98 Å². The number of hydrogen-bond acceptors (Lipinski definition) is 3. The van der Waals surface area contributed by atoms with Gasteiger partial charge in [-0.05, 0) is 36.4 Å². The van der Waals surface area contributed by atoms with Gasteiger partial charge in [0.05, 0.1) is 11.2 Å². The van der Waals surface area contributed by atoms with E-state index in [1.54, 1.807) is 12.1 Å². The molecule has 3 rings (SSSR count). The molecule has 3 nitrogen and oxygen atoms in total. The number of fused-ring (bicyclic) bond motifs is 1. The molecule has 3 aromatic rings. The summed E-state index contributed by atoms with van der Waals surface area (Å²) in [5.74, 6) is 1.48. The van der Waals surface area contributed by atoms with Crippen LogP contribution in [0.15, 0.2) is 54.6 Å². The summed E-state index contributed by atoms with van der Waals surface area (Å²) < 4.78 is 5.93. The van der Waals surface area contributed by atoms with Crippen molar-refractivity contribution in [3.8, 4) is 11.5 Å². The molecule has 0 aliphatic rings. The third-order valence-electron chi connectivity index (χ3n) is 2.98. The van der Waals surface area contributed by atoms with Crippen LogP contribution in [0.25, 0.3) is 10.9 Å². The first kappa shape index (κ1) is 12.9. The molecule has 0 aliphatic heterocycles. The Labute approximate surface area is 122 Å². The highest BCUT2D eigenvalue weighted by Crippen LogP contribution is 2.30. The zero-order chi connectivity index (χ0) is 13.9. The second-order valence-electron chi connectivity index (χ2n) is 4.39. The van der Waals surface area contributed by atoms with Crippen LogP contribution in [-0.2, 0) is 6.54 Å². The summed E-state index contributed by atoms with van der Waals surface area (Å²) in [6, 6.07) is 17.0. The lowest BCUT2D eigenvalue weighted by Gasteiger charge is -2.10. The van der Waals surface area contributed by atoms with E-state index in [-0.39, 0.29) is 0 Å². The second kappa shape index (κ2) is 5.49. The van der Waals surface area contributed by atoms with Gasteiger partial charge in [-0.25, -0.2) is 0 Å². The number of para-hydroxylation sites is 1. The number of pyridine rings is 1. The number of nitrogens with zero attached hydrogens (tertiary/aromatic N) is 1. The maximum absolute atomic E-state index is 5.93. The monoisotopic (exact) mass is 284 g/mol. The smallest absolute Gasteiger partial charge is 0.138 e. The minimum Gasteiger partial charge on any atom is -0.457 e. The van der Waals surface area contributed by atoms with Crippen LogP contribution in [0.4, 0.5) is 0 Å². The van der Waals surface area contributed by atoms with Crippen LogP contribution in [0.5, 0.6) is 11.5 Å². The molecule has 1 aromatic heterocycles. The Morgan fingerprint density at radius 1 is 1.05 bits per heavy atom. The van der Waals surface area contributed by atoms with Gasteiger partial charge in [0, 0.05) is 23.0 Å². The lowest BCUT2D eigenvalue weighted by molar-refractivity contribution is 0.487. The fourth-order valence-corrected chi connectivity index (χ4v) is 2.14. The first-order chi connectivity index (χ1) is 9.76. The molecule has 1 heterocycles. The highest BCUT2D eigenvalue weighted by molar-refractivity contribution is 6.30. The summed E-state index contributed by atoms with van der Waals surface area (Å²) in [6.45, 7) is 0.377. The summed E-state index contributed by atoms with van der Waals surface area (Å²) >= 11 is 5.88. The molecule has 0 bridgehead atoms. The van der Waals surface area contributed by atoms with Crippen LogP contribution in [-0.4, -0.2) is 4.98 Å². The Morgan fingerprint density at radius 2 is 1.80 bits per heavy atom. The van der Waals surface area contributed by atoms with Gasteiger partial charge in [0.2, 0.25) is 0 Å². The van der Waals surface area contributed by atoms with E-state index in [0.717, 1.165) is 28.1 Å². The van der Waals surface area contributed by atoms with Crippen molar-refractivity contribution >= 4 is 22.5 Å². The van der Waals surface area contributed by atoms with Crippen LogP contribution in [0.1, 0.15) is 5.69 Å². The van der Waals surface area contributed by atoms with Gasteiger partial charge in [-0.2, -0.15) is 0 Å². The Bertz CT molecular complexity index is 741. The second-order valence-corrected chi connectivity index (χ2v) is 4.83. The van der Waals surface area contributed by atoms with Crippen molar-refractivity contribution in [2.75, 3.05) is 0 Å². The van der Waals surface area contributed by atoms with Gasteiger partial charge in [-0.1, -0.05) is 23.7 Å². The summed E-state index contributed by atoms with van der Waals surface area (Å²) in [7, 11) is 0. The molecule has 2 aromatic carbocycles. The molecule has 0 saturated carbocycles. The molecule has 0 spiro atoms. The van der Waals surface area contributed by atoms with E-state index < -0.39 is 0 Å². The first-order valence-corrected chi connectivity index (χ1v) is 6.66. The van der Waals surface area contributed by atoms with E-state index in [1.165, 1.54) is 0 Å². The highest BCUT2D eigenvalue weighted by atomic mass is 35.5. The number of aromatic nitrogens is 1. The lowest BCUT2D eigenvalue weighted by Crippen LogP contribution is -2.00. The summed E-state index contributed by atoms with van der Waals surface area (Å²) in [5.41, 5.74) is 7.36. The molecule has 0 aliphatic carbocycles. The fraction of sp³-hybridized carbons (Fsp3) is 0.0625. The predicted molar refractivity (Wildman–Crippen MR) is 81.2 cm³/mol. The van der Waals surface area contributed by atoms with E-state index in [0.29, 0.717) is 11.6 Å². The van der Waals surface area contributed by atoms with Gasteiger partial charge >= 0.3 is 0 Å². The molecule has 20 heavy (non-hydrogen) atoms. The quantitative estimate of drug-likeness (QED) is 0.786.